The summed E-state index contributed by atoms with van der Waals surface area (Å²) < 4.78 is 0. The zero-order valence-electron chi connectivity index (χ0n) is 2.08. The van der Waals surface area contributed by atoms with Crippen LogP contribution in [0.25, 0.3) is 0 Å². The van der Waals surface area contributed by atoms with E-state index in [0.717, 1.165) is 0 Å². The molecule has 6 N–H and O–H groups in total. The maximum absolute atomic E-state index is 0. The molecule has 0 bridgehead atoms. The van der Waals surface area contributed by atoms with Crippen molar-refractivity contribution in [2.45, 2.75) is 0 Å². The Morgan fingerprint density at radius 1 is 0.500 bits per heavy atom. The van der Waals surface area contributed by atoms with E-state index in [0.29, 0.717) is 0 Å². The molecule has 0 saturated heterocycles. The number of rotatable bonds is 0. The topological polar surface area (TPSA) is 94.5 Å². The van der Waals surface area contributed by atoms with Crippen LogP contribution in [0.2, 0.25) is 0 Å². The molecule has 26 valence electrons. The fourth-order valence-corrected chi connectivity index (χ4v) is 0. The second-order valence-corrected chi connectivity index (χ2v) is 0. The molecule has 0 aromatic carbocycles. The Kier molecular flexibility index (Phi) is 1250. The Bertz CT molecular complexity index is 3.25. The van der Waals surface area contributed by atoms with Gasteiger partial charge in [-0.1, -0.05) is 0 Å². The molecule has 0 aliphatic carbocycles. The summed E-state index contributed by atoms with van der Waals surface area (Å²) in [6.07, 6.45) is 0. The molecule has 0 aromatic rings. The molecule has 0 unspecified atom stereocenters. The van der Waals surface area contributed by atoms with Crippen molar-refractivity contribution in [2.75, 3.05) is 0 Å². The minimum atomic E-state index is 0. The molecule has 0 heterocycles. The average molecular weight is 258 g/mol. The van der Waals surface area contributed by atoms with Gasteiger partial charge in [-0.15, -0.1) is 0 Å². The van der Waals surface area contributed by atoms with E-state index in [1.54, 1.807) is 0 Å². The van der Waals surface area contributed by atoms with Crippen molar-refractivity contribution in [1.82, 2.24) is 0 Å². The van der Waals surface area contributed by atoms with Crippen LogP contribution in [0.1, 0.15) is 0 Å². The quantitative estimate of drug-likeness (QED) is 0.418. The largest absolute Gasteiger partial charge is 1.00 e. The van der Waals surface area contributed by atoms with E-state index in [1.807, 2.05) is 0 Å². The minimum absolute atomic E-state index is 0. The molecule has 0 aliphatic heterocycles. The van der Waals surface area contributed by atoms with Crippen LogP contribution in [0.4, 0.5) is 0 Å². The smallest absolute Gasteiger partial charge is 0.412 e. The van der Waals surface area contributed by atoms with Gasteiger partial charge in [0.1, 0.15) is 0 Å². The van der Waals surface area contributed by atoms with Crippen LogP contribution in [-0.4, -0.2) is 43.7 Å². The Hall–Kier alpha value is 0.802. The Balaban J connectivity index is 0. The molecule has 0 saturated carbocycles. The van der Waals surface area contributed by atoms with Crippen molar-refractivity contribution in [2.24, 2.45) is 0 Å². The van der Waals surface area contributed by atoms with Gasteiger partial charge in [-0.2, -0.15) is 0 Å². The third-order valence-electron chi connectivity index (χ3n) is 0. The normalized spacial score (nSPS) is 0. The van der Waals surface area contributed by atoms with Gasteiger partial charge in [0.15, 0.2) is 0 Å². The molecular formula is H6O3Tl+. The maximum Gasteiger partial charge on any atom is 1.00 e. The predicted molar refractivity (Wildman–Crippen MR) is 16.6 cm³/mol. The van der Waals surface area contributed by atoms with Gasteiger partial charge in [0.25, 0.3) is 0 Å². The monoisotopic (exact) mass is 259 g/mol. The van der Waals surface area contributed by atoms with E-state index >= 15 is 0 Å². The zero-order chi connectivity index (χ0) is 0. The summed E-state index contributed by atoms with van der Waals surface area (Å²) in [5.74, 6) is 0. The van der Waals surface area contributed by atoms with Crippen molar-refractivity contribution in [3.8, 4) is 0 Å². The molecule has 0 rings (SSSR count). The number of hydrogen-bond donors (Lipinski definition) is 0. The third-order valence-corrected chi connectivity index (χ3v) is 0. The molecule has 0 aromatic heterocycles. The average Bonchev–Trinajstić information content (AvgIpc) is 0. The predicted octanol–water partition coefficient (Wildman–Crippen LogP) is -2.85. The summed E-state index contributed by atoms with van der Waals surface area (Å²) in [5, 5.41) is 0. The molecule has 0 radical (unpaired) electrons. The fraction of sp³-hybridized carbons (Fsp3) is 0. The van der Waals surface area contributed by atoms with Gasteiger partial charge in [-0.3, -0.25) is 0 Å². The zero-order valence-corrected chi connectivity index (χ0v) is 6.57. The van der Waals surface area contributed by atoms with Crippen molar-refractivity contribution in [1.29, 1.82) is 0 Å². The summed E-state index contributed by atoms with van der Waals surface area (Å²) in [7, 11) is 0. The summed E-state index contributed by atoms with van der Waals surface area (Å²) >= 11 is 0. The van der Waals surface area contributed by atoms with Gasteiger partial charge in [-0.05, 0) is 0 Å². The molecule has 0 atom stereocenters. The number of hydrogen-bond acceptors (Lipinski definition) is 0. The van der Waals surface area contributed by atoms with E-state index in [9.17, 15) is 0 Å². The third kappa shape index (κ3) is 14.1. The summed E-state index contributed by atoms with van der Waals surface area (Å²) in [5.41, 5.74) is 0. The van der Waals surface area contributed by atoms with E-state index in [4.69, 9.17) is 0 Å². The molecule has 3 nitrogen and oxygen atoms in total. The van der Waals surface area contributed by atoms with E-state index in [2.05, 4.69) is 0 Å². The standard InChI is InChI=1S/3H2O.Tl/h3*1H2;/q;;;+1. The van der Waals surface area contributed by atoms with Crippen molar-refractivity contribution in [3.63, 3.8) is 0 Å². The van der Waals surface area contributed by atoms with Gasteiger partial charge in [0, 0.05) is 0 Å². The first-order chi connectivity index (χ1) is 0. The van der Waals surface area contributed by atoms with Crippen LogP contribution in [0, 0.1) is 0 Å². The first kappa shape index (κ1) is 108. The van der Waals surface area contributed by atoms with Gasteiger partial charge >= 0.3 is 27.3 Å². The second-order valence-electron chi connectivity index (χ2n) is 0. The van der Waals surface area contributed by atoms with Crippen molar-refractivity contribution in [3.05, 3.63) is 0 Å². The van der Waals surface area contributed by atoms with Gasteiger partial charge < -0.3 is 16.4 Å². The molecule has 4 heavy (non-hydrogen) atoms. The molecule has 0 fully saturated rings. The summed E-state index contributed by atoms with van der Waals surface area (Å²) in [6.45, 7) is 0. The Morgan fingerprint density at radius 2 is 0.500 bits per heavy atom. The van der Waals surface area contributed by atoms with Crippen LogP contribution in [0.3, 0.4) is 0 Å². The van der Waals surface area contributed by atoms with E-state index in [1.165, 1.54) is 0 Å². The van der Waals surface area contributed by atoms with Crippen LogP contribution >= 0.6 is 0 Å². The van der Waals surface area contributed by atoms with Crippen LogP contribution in [0.15, 0.2) is 0 Å². The fourth-order valence-electron chi connectivity index (χ4n) is 0. The molecule has 4 heteroatoms. The van der Waals surface area contributed by atoms with Crippen LogP contribution in [0.5, 0.6) is 0 Å². The van der Waals surface area contributed by atoms with Crippen LogP contribution in [-0.2, 0) is 0 Å². The van der Waals surface area contributed by atoms with Gasteiger partial charge in [-0.25, -0.2) is 0 Å². The molecule has 0 amide bonds. The summed E-state index contributed by atoms with van der Waals surface area (Å²) in [4.78, 5) is 0. The van der Waals surface area contributed by atoms with Crippen molar-refractivity contribution < 1.29 is 16.4 Å². The summed E-state index contributed by atoms with van der Waals surface area (Å²) in [6, 6.07) is 0. The van der Waals surface area contributed by atoms with E-state index < -0.39 is 0 Å². The Morgan fingerprint density at radius 3 is 0.500 bits per heavy atom. The SMILES string of the molecule is O.O.O.[Tl+]. The van der Waals surface area contributed by atoms with E-state index in [-0.39, 0.29) is 43.7 Å². The minimum Gasteiger partial charge on any atom is -0.412 e. The van der Waals surface area contributed by atoms with Gasteiger partial charge in [0.05, 0.1) is 0 Å². The van der Waals surface area contributed by atoms with Gasteiger partial charge in [0.2, 0.25) is 0 Å². The Labute approximate surface area is 44.1 Å². The van der Waals surface area contributed by atoms with Crippen molar-refractivity contribution >= 4 is 27.3 Å². The van der Waals surface area contributed by atoms with Crippen LogP contribution < -0.4 is 0 Å². The molecule has 0 spiro atoms. The molecular weight excluding hydrogens is 252 g/mol. The first-order valence-corrected chi connectivity index (χ1v) is 0. The molecule has 0 aliphatic rings. The first-order valence-electron chi connectivity index (χ1n) is 0. The maximum atomic E-state index is 0. The second kappa shape index (κ2) is 46.4.